The number of hydrogen-bond donors (Lipinski definition) is 0. The molecular weight excluding hydrogens is 398 g/mol. The first-order chi connectivity index (χ1) is 15.7. The average Bonchev–Trinajstić information content (AvgIpc) is 3.64. The molecule has 1 aliphatic carbocycles. The van der Waals surface area contributed by atoms with Crippen LogP contribution >= 0.6 is 0 Å². The summed E-state index contributed by atoms with van der Waals surface area (Å²) in [6.45, 7) is 1.83. The highest BCUT2D eigenvalue weighted by atomic mass is 16.5. The second-order valence-corrected chi connectivity index (χ2v) is 9.03. The van der Waals surface area contributed by atoms with Crippen LogP contribution in [0.15, 0.2) is 71.7 Å². The van der Waals surface area contributed by atoms with Crippen LogP contribution in [0.2, 0.25) is 0 Å². The Balaban J connectivity index is 1.34. The predicted octanol–water partition coefficient (Wildman–Crippen LogP) is 4.89. The first-order valence-corrected chi connectivity index (χ1v) is 11.5. The van der Waals surface area contributed by atoms with Gasteiger partial charge in [-0.25, -0.2) is 0 Å². The van der Waals surface area contributed by atoms with Crippen molar-refractivity contribution in [2.75, 3.05) is 25.1 Å². The van der Waals surface area contributed by atoms with E-state index in [-0.39, 0.29) is 11.6 Å². The quantitative estimate of drug-likeness (QED) is 0.467. The molecule has 162 valence electrons. The number of anilines is 1. The van der Waals surface area contributed by atoms with Gasteiger partial charge in [0.2, 0.25) is 0 Å². The summed E-state index contributed by atoms with van der Waals surface area (Å²) in [5.74, 6) is 0.291. The number of ether oxygens (including phenoxy) is 1. The molecule has 6 rings (SSSR count). The van der Waals surface area contributed by atoms with Gasteiger partial charge in [-0.1, -0.05) is 36.4 Å². The van der Waals surface area contributed by atoms with E-state index in [1.165, 1.54) is 0 Å². The maximum atomic E-state index is 13.7. The molecule has 5 nitrogen and oxygen atoms in total. The zero-order chi connectivity index (χ0) is 21.7. The normalized spacial score (nSPS) is 21.3. The van der Waals surface area contributed by atoms with Crippen molar-refractivity contribution in [2.45, 2.75) is 37.3 Å². The van der Waals surface area contributed by atoms with E-state index >= 15 is 0 Å². The van der Waals surface area contributed by atoms with Crippen LogP contribution in [-0.2, 0) is 4.74 Å². The number of methoxy groups -OCH3 is 1. The monoisotopic (exact) mass is 425 g/mol. The lowest BCUT2D eigenvalue weighted by atomic mass is 10.0. The summed E-state index contributed by atoms with van der Waals surface area (Å²) in [6.07, 6.45) is 5.23. The molecule has 3 heterocycles. The van der Waals surface area contributed by atoms with Gasteiger partial charge < -0.3 is 14.2 Å². The van der Waals surface area contributed by atoms with Gasteiger partial charge in [-0.2, -0.15) is 0 Å². The summed E-state index contributed by atoms with van der Waals surface area (Å²) in [5, 5.41) is 3.00. The lowest BCUT2D eigenvalue weighted by Gasteiger charge is -2.33. The minimum absolute atomic E-state index is 0.111. The van der Waals surface area contributed by atoms with Gasteiger partial charge in [0.05, 0.1) is 22.7 Å². The summed E-state index contributed by atoms with van der Waals surface area (Å²) in [4.78, 5) is 20.9. The molecule has 2 aliphatic rings. The SMILES string of the molecule is COC1CCN(c2cccc3ccn(C4CC4c4ccc5ccccc5n4)c(=O)c23)CC1. The Labute approximate surface area is 187 Å². The van der Waals surface area contributed by atoms with Crippen LogP contribution in [-0.4, -0.2) is 35.9 Å². The van der Waals surface area contributed by atoms with Crippen LogP contribution in [0.4, 0.5) is 5.69 Å². The molecule has 1 saturated carbocycles. The molecule has 32 heavy (non-hydrogen) atoms. The van der Waals surface area contributed by atoms with Crippen molar-refractivity contribution in [1.29, 1.82) is 0 Å². The predicted molar refractivity (Wildman–Crippen MR) is 129 cm³/mol. The third-order valence-electron chi connectivity index (χ3n) is 7.17. The fourth-order valence-corrected chi connectivity index (χ4v) is 5.24. The maximum Gasteiger partial charge on any atom is 0.260 e. The van der Waals surface area contributed by atoms with E-state index in [0.717, 1.165) is 65.4 Å². The van der Waals surface area contributed by atoms with Crippen LogP contribution in [0.25, 0.3) is 21.7 Å². The fourth-order valence-electron chi connectivity index (χ4n) is 5.24. The van der Waals surface area contributed by atoms with Crippen LogP contribution in [0, 0.1) is 0 Å². The molecule has 5 heteroatoms. The number of pyridine rings is 2. The molecule has 2 atom stereocenters. The first-order valence-electron chi connectivity index (χ1n) is 11.5. The highest BCUT2D eigenvalue weighted by Crippen LogP contribution is 2.50. The second-order valence-electron chi connectivity index (χ2n) is 9.03. The maximum absolute atomic E-state index is 13.7. The van der Waals surface area contributed by atoms with Crippen LogP contribution < -0.4 is 10.5 Å². The minimum Gasteiger partial charge on any atom is -0.381 e. The van der Waals surface area contributed by atoms with Gasteiger partial charge in [0.15, 0.2) is 0 Å². The molecule has 1 saturated heterocycles. The molecule has 0 N–H and O–H groups in total. The molecule has 2 unspecified atom stereocenters. The molecule has 4 aromatic rings. The lowest BCUT2D eigenvalue weighted by molar-refractivity contribution is 0.0819. The lowest BCUT2D eigenvalue weighted by Crippen LogP contribution is -2.37. The number of piperidine rings is 1. The molecule has 0 bridgehead atoms. The number of rotatable bonds is 4. The van der Waals surface area contributed by atoms with Gasteiger partial charge >= 0.3 is 0 Å². The van der Waals surface area contributed by atoms with Crippen molar-refractivity contribution in [1.82, 2.24) is 9.55 Å². The Morgan fingerprint density at radius 1 is 0.938 bits per heavy atom. The van der Waals surface area contributed by atoms with Crippen molar-refractivity contribution in [3.05, 3.63) is 82.9 Å². The molecule has 0 radical (unpaired) electrons. The highest BCUT2D eigenvalue weighted by molar-refractivity contribution is 5.93. The van der Waals surface area contributed by atoms with Crippen molar-refractivity contribution in [2.24, 2.45) is 0 Å². The number of benzene rings is 2. The number of hydrogen-bond acceptors (Lipinski definition) is 4. The van der Waals surface area contributed by atoms with Crippen molar-refractivity contribution in [3.8, 4) is 0 Å². The van der Waals surface area contributed by atoms with Crippen molar-refractivity contribution >= 4 is 27.4 Å². The van der Waals surface area contributed by atoms with E-state index in [1.54, 1.807) is 7.11 Å². The Morgan fingerprint density at radius 3 is 2.59 bits per heavy atom. The van der Waals surface area contributed by atoms with Gasteiger partial charge in [-0.05, 0) is 48.9 Å². The smallest absolute Gasteiger partial charge is 0.260 e. The Kier molecular flexibility index (Phi) is 4.72. The third kappa shape index (κ3) is 3.28. The zero-order valence-electron chi connectivity index (χ0n) is 18.3. The van der Waals surface area contributed by atoms with E-state index in [9.17, 15) is 4.79 Å². The summed E-state index contributed by atoms with van der Waals surface area (Å²) in [7, 11) is 1.79. The fraction of sp³-hybridized carbons (Fsp3) is 0.333. The Morgan fingerprint density at radius 2 is 1.75 bits per heavy atom. The Hall–Kier alpha value is -3.18. The minimum atomic E-state index is 0.111. The van der Waals surface area contributed by atoms with Gasteiger partial charge in [0, 0.05) is 49.4 Å². The van der Waals surface area contributed by atoms with Crippen LogP contribution in [0.5, 0.6) is 0 Å². The summed E-state index contributed by atoms with van der Waals surface area (Å²) >= 11 is 0. The molecule has 2 aromatic carbocycles. The largest absolute Gasteiger partial charge is 0.381 e. The van der Waals surface area contributed by atoms with Gasteiger partial charge in [0.1, 0.15) is 0 Å². The van der Waals surface area contributed by atoms with E-state index in [2.05, 4.69) is 47.4 Å². The van der Waals surface area contributed by atoms with E-state index in [0.29, 0.717) is 12.0 Å². The number of para-hydroxylation sites is 1. The van der Waals surface area contributed by atoms with E-state index in [4.69, 9.17) is 9.72 Å². The highest BCUT2D eigenvalue weighted by Gasteiger charge is 2.41. The van der Waals surface area contributed by atoms with E-state index in [1.807, 2.05) is 29.0 Å². The number of fused-ring (bicyclic) bond motifs is 2. The second kappa shape index (κ2) is 7.75. The van der Waals surface area contributed by atoms with Crippen molar-refractivity contribution in [3.63, 3.8) is 0 Å². The molecule has 0 amide bonds. The number of aromatic nitrogens is 2. The third-order valence-corrected chi connectivity index (χ3v) is 7.17. The Bertz CT molecular complexity index is 1350. The standard InChI is InChI=1S/C27H27N3O2/c1-32-20-12-14-29(15-13-20)24-8-4-6-19-11-16-30(27(31)26(19)24)25-17-21(25)23-10-9-18-5-2-3-7-22(18)28-23/h2-11,16,20-21,25H,12-15,17H2,1H3. The molecular formula is C27H27N3O2. The van der Waals surface area contributed by atoms with Gasteiger partial charge in [-0.15, -0.1) is 0 Å². The molecule has 0 spiro atoms. The zero-order valence-corrected chi connectivity index (χ0v) is 18.3. The van der Waals surface area contributed by atoms with Gasteiger partial charge in [0.25, 0.3) is 5.56 Å². The van der Waals surface area contributed by atoms with E-state index < -0.39 is 0 Å². The first kappa shape index (κ1) is 19.5. The topological polar surface area (TPSA) is 47.4 Å². The summed E-state index contributed by atoms with van der Waals surface area (Å²) < 4.78 is 7.47. The van der Waals surface area contributed by atoms with Crippen LogP contribution in [0.3, 0.4) is 0 Å². The molecule has 1 aliphatic heterocycles. The molecule has 2 aromatic heterocycles. The average molecular weight is 426 g/mol. The van der Waals surface area contributed by atoms with Gasteiger partial charge in [-0.3, -0.25) is 9.78 Å². The molecule has 2 fully saturated rings. The summed E-state index contributed by atoms with van der Waals surface area (Å²) in [5.41, 5.74) is 3.26. The summed E-state index contributed by atoms with van der Waals surface area (Å²) in [6, 6.07) is 20.9. The van der Waals surface area contributed by atoms with Crippen molar-refractivity contribution < 1.29 is 4.74 Å². The number of nitrogens with zero attached hydrogens (tertiary/aromatic N) is 3. The van der Waals surface area contributed by atoms with Crippen LogP contribution in [0.1, 0.15) is 36.9 Å².